The Hall–Kier alpha value is -2.17. The Labute approximate surface area is 122 Å². The van der Waals surface area contributed by atoms with Crippen molar-refractivity contribution >= 4 is 17.5 Å². The molecule has 0 N–H and O–H groups in total. The number of nitrogens with zero attached hydrogens (tertiary/aromatic N) is 1. The number of carbonyl (C=O) groups excluding carboxylic acids is 2. The van der Waals surface area contributed by atoms with Crippen molar-refractivity contribution in [1.82, 2.24) is 0 Å². The number of methoxy groups -OCH3 is 1. The molecule has 3 rings (SSSR count). The van der Waals surface area contributed by atoms with Crippen LogP contribution in [0.25, 0.3) is 0 Å². The van der Waals surface area contributed by atoms with Crippen molar-refractivity contribution in [3.63, 3.8) is 0 Å². The predicted molar refractivity (Wildman–Crippen MR) is 75.9 cm³/mol. The second-order valence-electron chi connectivity index (χ2n) is 5.67. The van der Waals surface area contributed by atoms with Crippen LogP contribution in [0.1, 0.15) is 24.2 Å². The number of carbonyl (C=O) groups is 2. The van der Waals surface area contributed by atoms with E-state index in [1.165, 1.54) is 7.11 Å². The summed E-state index contributed by atoms with van der Waals surface area (Å²) in [5.41, 5.74) is -0.266. The Morgan fingerprint density at radius 1 is 1.24 bits per heavy atom. The summed E-state index contributed by atoms with van der Waals surface area (Å²) in [5.74, 6) is -0.895. The van der Waals surface area contributed by atoms with Crippen LogP contribution in [0, 0.1) is 17.8 Å². The van der Waals surface area contributed by atoms with Crippen molar-refractivity contribution in [2.75, 3.05) is 7.11 Å². The van der Waals surface area contributed by atoms with Crippen LogP contribution < -0.4 is 0 Å². The van der Waals surface area contributed by atoms with E-state index >= 15 is 0 Å². The molecule has 1 saturated carbocycles. The third-order valence-electron chi connectivity index (χ3n) is 4.82. The quantitative estimate of drug-likeness (QED) is 0.630. The fraction of sp³-hybridized carbons (Fsp3) is 0.438. The van der Waals surface area contributed by atoms with E-state index in [1.807, 2.05) is 19.9 Å². The minimum absolute atomic E-state index is 0.0419. The van der Waals surface area contributed by atoms with Gasteiger partial charge >= 0.3 is 5.97 Å². The van der Waals surface area contributed by atoms with E-state index < -0.39 is 11.6 Å². The molecule has 5 nitrogen and oxygen atoms in total. The molecule has 0 bridgehead atoms. The molecule has 5 heteroatoms. The first-order valence-corrected chi connectivity index (χ1v) is 6.98. The van der Waals surface area contributed by atoms with Crippen molar-refractivity contribution < 1.29 is 19.2 Å². The standard InChI is InChI=1S/C16H17NO4/c1-9-10(2)16(15(19)20-3)12(9)13(17-21-16)14(18)11-7-5-4-6-8-11/h4-10,12H,1-3H3/t9-,10-,12+,16+/m0/s1. The van der Waals surface area contributed by atoms with Crippen LogP contribution in [0.3, 0.4) is 0 Å². The number of benzene rings is 1. The molecular formula is C16H17NO4. The van der Waals surface area contributed by atoms with E-state index in [2.05, 4.69) is 5.16 Å². The Morgan fingerprint density at radius 3 is 2.52 bits per heavy atom. The van der Waals surface area contributed by atoms with Crippen LogP contribution in [-0.4, -0.2) is 30.2 Å². The molecule has 0 saturated heterocycles. The molecule has 1 aliphatic heterocycles. The van der Waals surface area contributed by atoms with Gasteiger partial charge in [-0.25, -0.2) is 4.79 Å². The van der Waals surface area contributed by atoms with Crippen molar-refractivity contribution in [3.8, 4) is 0 Å². The van der Waals surface area contributed by atoms with Crippen molar-refractivity contribution in [2.24, 2.45) is 22.9 Å². The zero-order valence-electron chi connectivity index (χ0n) is 12.2. The van der Waals surface area contributed by atoms with Crippen LogP contribution >= 0.6 is 0 Å². The highest BCUT2D eigenvalue weighted by atomic mass is 16.7. The van der Waals surface area contributed by atoms with Gasteiger partial charge in [0.1, 0.15) is 5.71 Å². The SMILES string of the molecule is COC(=O)[C@]12ON=C(C(=O)c3ccccc3)[C@H]1[C@@H](C)[C@@H]2C. The van der Waals surface area contributed by atoms with Gasteiger partial charge < -0.3 is 9.57 Å². The Kier molecular flexibility index (Phi) is 3.08. The fourth-order valence-corrected chi connectivity index (χ4v) is 3.44. The number of ketones is 1. The Morgan fingerprint density at radius 2 is 1.90 bits per heavy atom. The lowest BCUT2D eigenvalue weighted by Crippen LogP contribution is -2.66. The lowest BCUT2D eigenvalue weighted by atomic mass is 9.53. The highest BCUT2D eigenvalue weighted by Crippen LogP contribution is 2.56. The molecule has 1 aromatic rings. The summed E-state index contributed by atoms with van der Waals surface area (Å²) in [4.78, 5) is 30.1. The third kappa shape index (κ3) is 1.66. The van der Waals surface area contributed by atoms with Gasteiger partial charge in [-0.1, -0.05) is 49.3 Å². The van der Waals surface area contributed by atoms with Gasteiger partial charge in [-0.3, -0.25) is 4.79 Å². The lowest BCUT2D eigenvalue weighted by molar-refractivity contribution is -0.210. The van der Waals surface area contributed by atoms with Crippen LogP contribution in [0.5, 0.6) is 0 Å². The minimum atomic E-state index is -1.13. The summed E-state index contributed by atoms with van der Waals surface area (Å²) in [6.45, 7) is 3.92. The van der Waals surface area contributed by atoms with Gasteiger partial charge in [0.15, 0.2) is 0 Å². The van der Waals surface area contributed by atoms with E-state index in [0.29, 0.717) is 11.3 Å². The normalized spacial score (nSPS) is 33.3. The molecule has 0 spiro atoms. The summed E-state index contributed by atoms with van der Waals surface area (Å²) in [6, 6.07) is 8.90. The maximum Gasteiger partial charge on any atom is 0.354 e. The average Bonchev–Trinajstić information content (AvgIpc) is 2.90. The summed E-state index contributed by atoms with van der Waals surface area (Å²) < 4.78 is 4.86. The molecule has 0 unspecified atom stereocenters. The van der Waals surface area contributed by atoms with Gasteiger partial charge in [0.05, 0.1) is 13.0 Å². The minimum Gasteiger partial charge on any atom is -0.466 e. The maximum absolute atomic E-state index is 12.6. The summed E-state index contributed by atoms with van der Waals surface area (Å²) in [5, 5.41) is 3.94. The fourth-order valence-electron chi connectivity index (χ4n) is 3.44. The number of hydrogen-bond acceptors (Lipinski definition) is 5. The predicted octanol–water partition coefficient (Wildman–Crippen LogP) is 2.07. The number of fused-ring (bicyclic) bond motifs is 1. The van der Waals surface area contributed by atoms with Gasteiger partial charge in [-0.2, -0.15) is 0 Å². The third-order valence-corrected chi connectivity index (χ3v) is 4.82. The highest BCUT2D eigenvalue weighted by Gasteiger charge is 2.72. The van der Waals surface area contributed by atoms with Gasteiger partial charge in [-0.05, 0) is 5.92 Å². The summed E-state index contributed by atoms with van der Waals surface area (Å²) >= 11 is 0. The molecule has 4 atom stereocenters. The molecular weight excluding hydrogens is 270 g/mol. The molecule has 0 amide bonds. The largest absolute Gasteiger partial charge is 0.466 e. The van der Waals surface area contributed by atoms with Crippen LogP contribution in [0.4, 0.5) is 0 Å². The van der Waals surface area contributed by atoms with Gasteiger partial charge in [-0.15, -0.1) is 0 Å². The molecule has 21 heavy (non-hydrogen) atoms. The number of rotatable bonds is 3. The zero-order valence-corrected chi connectivity index (χ0v) is 12.2. The van der Waals surface area contributed by atoms with E-state index in [1.54, 1.807) is 24.3 Å². The highest BCUT2D eigenvalue weighted by molar-refractivity contribution is 6.47. The first-order valence-electron chi connectivity index (χ1n) is 6.98. The van der Waals surface area contributed by atoms with Crippen molar-refractivity contribution in [1.29, 1.82) is 0 Å². The van der Waals surface area contributed by atoms with E-state index in [4.69, 9.17) is 9.57 Å². The maximum atomic E-state index is 12.6. The number of ether oxygens (including phenoxy) is 1. The van der Waals surface area contributed by atoms with Crippen LogP contribution in [-0.2, 0) is 14.4 Å². The smallest absolute Gasteiger partial charge is 0.354 e. The summed E-state index contributed by atoms with van der Waals surface area (Å²) in [6.07, 6.45) is 0. The topological polar surface area (TPSA) is 65.0 Å². The van der Waals surface area contributed by atoms with E-state index in [0.717, 1.165) is 0 Å². The van der Waals surface area contributed by atoms with Crippen molar-refractivity contribution in [3.05, 3.63) is 35.9 Å². The number of esters is 1. The van der Waals surface area contributed by atoms with Crippen LogP contribution in [0.15, 0.2) is 35.5 Å². The molecule has 1 aromatic carbocycles. The first kappa shape index (κ1) is 13.8. The molecule has 1 heterocycles. The molecule has 0 radical (unpaired) electrons. The molecule has 110 valence electrons. The monoisotopic (exact) mass is 287 g/mol. The molecule has 0 aromatic heterocycles. The first-order chi connectivity index (χ1) is 10.0. The van der Waals surface area contributed by atoms with Crippen LogP contribution in [0.2, 0.25) is 0 Å². The number of hydrogen-bond donors (Lipinski definition) is 0. The van der Waals surface area contributed by atoms with Gasteiger partial charge in [0, 0.05) is 11.5 Å². The molecule has 1 aliphatic carbocycles. The van der Waals surface area contributed by atoms with Gasteiger partial charge in [0.2, 0.25) is 11.4 Å². The second kappa shape index (κ2) is 4.69. The average molecular weight is 287 g/mol. The second-order valence-corrected chi connectivity index (χ2v) is 5.67. The lowest BCUT2D eigenvalue weighted by Gasteiger charge is -2.50. The van der Waals surface area contributed by atoms with Crippen molar-refractivity contribution in [2.45, 2.75) is 19.4 Å². The Bertz CT molecular complexity index is 624. The molecule has 1 fully saturated rings. The zero-order chi connectivity index (χ0) is 15.2. The summed E-state index contributed by atoms with van der Waals surface area (Å²) in [7, 11) is 1.32. The number of oxime groups is 1. The van der Waals surface area contributed by atoms with E-state index in [-0.39, 0.29) is 23.5 Å². The van der Waals surface area contributed by atoms with Gasteiger partial charge in [0.25, 0.3) is 0 Å². The van der Waals surface area contributed by atoms with E-state index in [9.17, 15) is 9.59 Å². The molecule has 2 aliphatic rings. The number of Topliss-reactive ketones (excluding diaryl/α,β-unsaturated/α-hetero) is 1. The Balaban J connectivity index is 1.94.